The molecule has 3 nitrogen and oxygen atoms in total. The van der Waals surface area contributed by atoms with Gasteiger partial charge >= 0.3 is 0 Å². The first-order valence-electron chi connectivity index (χ1n) is 5.76. The third kappa shape index (κ3) is 2.09. The van der Waals surface area contributed by atoms with Crippen molar-refractivity contribution in [2.24, 2.45) is 0 Å². The van der Waals surface area contributed by atoms with Crippen molar-refractivity contribution in [1.29, 1.82) is 0 Å². The third-order valence-corrected chi connectivity index (χ3v) is 3.19. The third-order valence-electron chi connectivity index (χ3n) is 3.02. The average Bonchev–Trinajstić information content (AvgIpc) is 3.05. The molecule has 0 atom stereocenters. The quantitative estimate of drug-likeness (QED) is 0.850. The van der Waals surface area contributed by atoms with E-state index in [2.05, 4.69) is 14.9 Å². The molecule has 1 aromatic heterocycles. The molecule has 2 aromatic rings. The Morgan fingerprint density at radius 1 is 1.47 bits per heavy atom. The zero-order chi connectivity index (χ0) is 11.8. The minimum Gasteiger partial charge on any atom is -0.338 e. The maximum atomic E-state index is 13.1. The highest BCUT2D eigenvalue weighted by Crippen LogP contribution is 2.31. The van der Waals surface area contributed by atoms with Crippen LogP contribution in [0.25, 0.3) is 11.0 Å². The van der Waals surface area contributed by atoms with Crippen molar-refractivity contribution in [1.82, 2.24) is 9.97 Å². The number of imidazole rings is 1. The van der Waals surface area contributed by atoms with Crippen molar-refractivity contribution in [3.8, 4) is 0 Å². The summed E-state index contributed by atoms with van der Waals surface area (Å²) in [5, 5.41) is 0. The molecule has 0 spiro atoms. The molecule has 1 heterocycles. The molecule has 0 radical (unpaired) electrons. The predicted octanol–water partition coefficient (Wildman–Crippen LogP) is 2.91. The fraction of sp³-hybridized carbons (Fsp3) is 0.417. The number of aromatic nitrogens is 2. The first-order chi connectivity index (χ1) is 8.28. The van der Waals surface area contributed by atoms with Gasteiger partial charge in [-0.3, -0.25) is 0 Å². The predicted molar refractivity (Wildman–Crippen MR) is 67.1 cm³/mol. The van der Waals surface area contributed by atoms with E-state index in [1.54, 1.807) is 6.07 Å². The van der Waals surface area contributed by atoms with Gasteiger partial charge in [-0.25, -0.2) is 9.37 Å². The number of alkyl halides is 1. The maximum absolute atomic E-state index is 13.1. The van der Waals surface area contributed by atoms with Crippen molar-refractivity contribution in [3.05, 3.63) is 24.0 Å². The van der Waals surface area contributed by atoms with Gasteiger partial charge in [-0.1, -0.05) is 0 Å². The van der Waals surface area contributed by atoms with E-state index in [9.17, 15) is 4.39 Å². The Bertz CT molecular complexity index is 536. The molecule has 0 saturated heterocycles. The largest absolute Gasteiger partial charge is 0.338 e. The van der Waals surface area contributed by atoms with Crippen LogP contribution in [-0.4, -0.2) is 28.4 Å². The van der Waals surface area contributed by atoms with Gasteiger partial charge in [0.2, 0.25) is 5.95 Å². The molecule has 90 valence electrons. The highest BCUT2D eigenvalue weighted by Gasteiger charge is 2.30. The SMILES string of the molecule is Fc1ccc2nc(N(CCCl)C3CC3)[nH]c2c1. The molecule has 17 heavy (non-hydrogen) atoms. The normalized spacial score (nSPS) is 15.4. The van der Waals surface area contributed by atoms with Crippen LogP contribution >= 0.6 is 11.6 Å². The Hall–Kier alpha value is -1.29. The van der Waals surface area contributed by atoms with Crippen molar-refractivity contribution >= 4 is 28.6 Å². The molecule has 0 aliphatic heterocycles. The van der Waals surface area contributed by atoms with Crippen LogP contribution in [0.5, 0.6) is 0 Å². The molecule has 0 bridgehead atoms. The highest BCUT2D eigenvalue weighted by molar-refractivity contribution is 6.18. The lowest BCUT2D eigenvalue weighted by atomic mass is 10.3. The molecular weight excluding hydrogens is 241 g/mol. The lowest BCUT2D eigenvalue weighted by Crippen LogP contribution is -2.28. The van der Waals surface area contributed by atoms with E-state index in [0.717, 1.165) is 23.5 Å². The molecule has 5 heteroatoms. The lowest BCUT2D eigenvalue weighted by molar-refractivity contribution is 0.629. The second kappa shape index (κ2) is 4.18. The summed E-state index contributed by atoms with van der Waals surface area (Å²) in [6.45, 7) is 0.772. The van der Waals surface area contributed by atoms with E-state index in [4.69, 9.17) is 11.6 Å². The van der Waals surface area contributed by atoms with E-state index in [1.807, 2.05) is 0 Å². The Kier molecular flexibility index (Phi) is 2.67. The van der Waals surface area contributed by atoms with Crippen LogP contribution in [0.1, 0.15) is 12.8 Å². The van der Waals surface area contributed by atoms with Gasteiger partial charge in [0.05, 0.1) is 11.0 Å². The second-order valence-electron chi connectivity index (χ2n) is 4.34. The molecule has 0 unspecified atom stereocenters. The van der Waals surface area contributed by atoms with Crippen LogP contribution in [0.3, 0.4) is 0 Å². The molecule has 1 aliphatic rings. The van der Waals surface area contributed by atoms with Crippen molar-refractivity contribution < 1.29 is 4.39 Å². The van der Waals surface area contributed by atoms with Crippen molar-refractivity contribution in [2.45, 2.75) is 18.9 Å². The van der Waals surface area contributed by atoms with Gasteiger partial charge in [0.15, 0.2) is 0 Å². The van der Waals surface area contributed by atoms with Gasteiger partial charge in [-0.05, 0) is 31.0 Å². The summed E-state index contributed by atoms with van der Waals surface area (Å²) >= 11 is 5.80. The first-order valence-corrected chi connectivity index (χ1v) is 6.29. The van der Waals surface area contributed by atoms with E-state index < -0.39 is 0 Å². The summed E-state index contributed by atoms with van der Waals surface area (Å²) in [5.74, 6) is 1.12. The zero-order valence-corrected chi connectivity index (χ0v) is 10.0. The topological polar surface area (TPSA) is 31.9 Å². The number of nitrogens with zero attached hydrogens (tertiary/aromatic N) is 2. The number of rotatable bonds is 4. The Morgan fingerprint density at radius 2 is 2.29 bits per heavy atom. The summed E-state index contributed by atoms with van der Waals surface area (Å²) in [6.07, 6.45) is 2.37. The standard InChI is InChI=1S/C12H13ClFN3/c13-5-6-17(9-2-3-9)12-15-10-4-1-8(14)7-11(10)16-12/h1,4,7,9H,2-3,5-6H2,(H,15,16). The Labute approximate surface area is 104 Å². The molecule has 1 saturated carbocycles. The second-order valence-corrected chi connectivity index (χ2v) is 4.71. The van der Waals surface area contributed by atoms with E-state index in [0.29, 0.717) is 11.9 Å². The Morgan fingerprint density at radius 3 is 3.00 bits per heavy atom. The van der Waals surface area contributed by atoms with Crippen molar-refractivity contribution in [3.63, 3.8) is 0 Å². The van der Waals surface area contributed by atoms with Crippen molar-refractivity contribution in [2.75, 3.05) is 17.3 Å². The number of anilines is 1. The molecule has 1 N–H and O–H groups in total. The van der Waals surface area contributed by atoms with Gasteiger partial charge in [0.25, 0.3) is 0 Å². The Balaban J connectivity index is 1.98. The first kappa shape index (κ1) is 10.8. The van der Waals surface area contributed by atoms with Crippen LogP contribution in [0.2, 0.25) is 0 Å². The van der Waals surface area contributed by atoms with Gasteiger partial charge in [0, 0.05) is 18.5 Å². The fourth-order valence-electron chi connectivity index (χ4n) is 2.04. The minimum atomic E-state index is -0.247. The molecular formula is C12H13ClFN3. The maximum Gasteiger partial charge on any atom is 0.204 e. The number of fused-ring (bicyclic) bond motifs is 1. The highest BCUT2D eigenvalue weighted by atomic mass is 35.5. The molecule has 1 aromatic carbocycles. The van der Waals surface area contributed by atoms with Gasteiger partial charge < -0.3 is 9.88 Å². The number of aromatic amines is 1. The number of H-pyrrole nitrogens is 1. The summed E-state index contributed by atoms with van der Waals surface area (Å²) in [7, 11) is 0. The summed E-state index contributed by atoms with van der Waals surface area (Å²) in [5.41, 5.74) is 1.53. The number of hydrogen-bond donors (Lipinski definition) is 1. The van der Waals surface area contributed by atoms with E-state index in [-0.39, 0.29) is 5.82 Å². The lowest BCUT2D eigenvalue weighted by Gasteiger charge is -2.19. The molecule has 1 fully saturated rings. The van der Waals surface area contributed by atoms with Gasteiger partial charge in [-0.2, -0.15) is 0 Å². The zero-order valence-electron chi connectivity index (χ0n) is 9.29. The van der Waals surface area contributed by atoms with Gasteiger partial charge in [-0.15, -0.1) is 11.6 Å². The average molecular weight is 254 g/mol. The molecule has 1 aliphatic carbocycles. The number of benzene rings is 1. The fourth-order valence-corrected chi connectivity index (χ4v) is 2.23. The molecule has 0 amide bonds. The smallest absolute Gasteiger partial charge is 0.204 e. The minimum absolute atomic E-state index is 0.247. The number of halogens is 2. The van der Waals surface area contributed by atoms with E-state index >= 15 is 0 Å². The van der Waals surface area contributed by atoms with Gasteiger partial charge in [0.1, 0.15) is 5.82 Å². The number of hydrogen-bond acceptors (Lipinski definition) is 2. The molecule has 3 rings (SSSR count). The van der Waals surface area contributed by atoms with Crippen LogP contribution in [0, 0.1) is 5.82 Å². The van der Waals surface area contributed by atoms with Crippen LogP contribution in [-0.2, 0) is 0 Å². The number of nitrogens with one attached hydrogen (secondary N) is 1. The van der Waals surface area contributed by atoms with Crippen LogP contribution in [0.15, 0.2) is 18.2 Å². The summed E-state index contributed by atoms with van der Waals surface area (Å²) < 4.78 is 13.1. The van der Waals surface area contributed by atoms with Crippen LogP contribution in [0.4, 0.5) is 10.3 Å². The summed E-state index contributed by atoms with van der Waals surface area (Å²) in [6, 6.07) is 5.13. The monoisotopic (exact) mass is 253 g/mol. The summed E-state index contributed by atoms with van der Waals surface area (Å²) in [4.78, 5) is 9.81. The van der Waals surface area contributed by atoms with Crippen LogP contribution < -0.4 is 4.90 Å². The van der Waals surface area contributed by atoms with E-state index in [1.165, 1.54) is 25.0 Å².